The SMILES string of the molecule is O=C(OCc1ccccc1)C1(c2cccc(-c3nc(I)nc4[nH]ncc34)n2)Cc2ccncc2C1. The summed E-state index contributed by atoms with van der Waals surface area (Å²) in [6.45, 7) is 0.204. The molecule has 1 unspecified atom stereocenters. The lowest BCUT2D eigenvalue weighted by Gasteiger charge is -2.26. The Labute approximate surface area is 214 Å². The number of carbonyl (C=O) groups is 1. The molecule has 4 aromatic heterocycles. The van der Waals surface area contributed by atoms with Gasteiger partial charge in [0, 0.05) is 35.0 Å². The average molecular weight is 574 g/mol. The number of fused-ring (bicyclic) bond motifs is 2. The normalized spacial score (nSPS) is 16.8. The van der Waals surface area contributed by atoms with Gasteiger partial charge >= 0.3 is 5.97 Å². The van der Waals surface area contributed by atoms with Crippen LogP contribution in [0.25, 0.3) is 22.4 Å². The second-order valence-corrected chi connectivity index (χ2v) is 9.49. The molecule has 1 aliphatic rings. The highest BCUT2D eigenvalue weighted by Crippen LogP contribution is 2.41. The molecule has 0 aliphatic heterocycles. The summed E-state index contributed by atoms with van der Waals surface area (Å²) in [7, 11) is 0. The van der Waals surface area contributed by atoms with Crippen LogP contribution in [-0.4, -0.2) is 36.1 Å². The first-order chi connectivity index (χ1) is 17.1. The number of pyridine rings is 2. The van der Waals surface area contributed by atoms with E-state index < -0.39 is 5.41 Å². The third-order valence-corrected chi connectivity index (χ3v) is 6.84. The van der Waals surface area contributed by atoms with Crippen LogP contribution in [0.3, 0.4) is 0 Å². The van der Waals surface area contributed by atoms with Crippen LogP contribution in [0.2, 0.25) is 0 Å². The lowest BCUT2D eigenvalue weighted by Crippen LogP contribution is -2.39. The number of aromatic nitrogens is 6. The number of ether oxygens (including phenoxy) is 1. The van der Waals surface area contributed by atoms with E-state index in [1.165, 1.54) is 0 Å². The molecule has 0 radical (unpaired) electrons. The van der Waals surface area contributed by atoms with E-state index in [4.69, 9.17) is 9.72 Å². The molecular weight excluding hydrogens is 555 g/mol. The summed E-state index contributed by atoms with van der Waals surface area (Å²) in [5, 5.41) is 7.78. The number of H-pyrrole nitrogens is 1. The van der Waals surface area contributed by atoms with Crippen LogP contribution in [0, 0.1) is 3.83 Å². The third-order valence-electron chi connectivity index (χ3n) is 6.36. The second-order valence-electron chi connectivity index (χ2n) is 8.52. The average Bonchev–Trinajstić information content (AvgIpc) is 3.53. The molecule has 1 atom stereocenters. The Hall–Kier alpha value is -3.73. The Morgan fingerprint density at radius 2 is 1.83 bits per heavy atom. The molecule has 8 nitrogen and oxygen atoms in total. The fourth-order valence-electron chi connectivity index (χ4n) is 4.63. The number of aromatic amines is 1. The molecule has 0 saturated carbocycles. The van der Waals surface area contributed by atoms with Gasteiger partial charge in [-0.15, -0.1) is 0 Å². The van der Waals surface area contributed by atoms with E-state index in [9.17, 15) is 4.79 Å². The Morgan fingerprint density at radius 3 is 2.69 bits per heavy atom. The Bertz CT molecular complexity index is 1530. The van der Waals surface area contributed by atoms with Gasteiger partial charge in [-0.25, -0.2) is 15.0 Å². The molecule has 35 heavy (non-hydrogen) atoms. The molecule has 6 rings (SSSR count). The molecule has 0 bridgehead atoms. The molecule has 0 spiro atoms. The number of nitrogens with one attached hydrogen (secondary N) is 1. The Morgan fingerprint density at radius 1 is 0.971 bits per heavy atom. The number of nitrogens with zero attached hydrogens (tertiary/aromatic N) is 5. The molecule has 1 aliphatic carbocycles. The summed E-state index contributed by atoms with van der Waals surface area (Å²) in [5.74, 6) is -0.298. The zero-order valence-corrected chi connectivity index (χ0v) is 20.6. The van der Waals surface area contributed by atoms with E-state index in [2.05, 4.69) is 47.7 Å². The number of esters is 1. The summed E-state index contributed by atoms with van der Waals surface area (Å²) >= 11 is 2.08. The number of benzene rings is 1. The predicted molar refractivity (Wildman–Crippen MR) is 137 cm³/mol. The minimum absolute atomic E-state index is 0.204. The lowest BCUT2D eigenvalue weighted by molar-refractivity contribution is -0.152. The summed E-state index contributed by atoms with van der Waals surface area (Å²) in [4.78, 5) is 32.0. The van der Waals surface area contributed by atoms with Gasteiger partial charge < -0.3 is 4.74 Å². The highest BCUT2D eigenvalue weighted by atomic mass is 127. The van der Waals surface area contributed by atoms with Gasteiger partial charge in [-0.1, -0.05) is 36.4 Å². The predicted octanol–water partition coefficient (Wildman–Crippen LogP) is 4.19. The van der Waals surface area contributed by atoms with Gasteiger partial charge in [-0.2, -0.15) is 5.10 Å². The molecule has 9 heteroatoms. The topological polar surface area (TPSA) is 107 Å². The maximum absolute atomic E-state index is 13.8. The van der Waals surface area contributed by atoms with Crippen molar-refractivity contribution in [3.8, 4) is 11.4 Å². The fraction of sp³-hybridized carbons (Fsp3) is 0.154. The van der Waals surface area contributed by atoms with Crippen LogP contribution in [0.4, 0.5) is 0 Å². The fourth-order valence-corrected chi connectivity index (χ4v) is 5.11. The Balaban J connectivity index is 1.42. The van der Waals surface area contributed by atoms with Crippen molar-refractivity contribution in [2.24, 2.45) is 0 Å². The van der Waals surface area contributed by atoms with Crippen LogP contribution in [0.5, 0.6) is 0 Å². The summed E-state index contributed by atoms with van der Waals surface area (Å²) in [6.07, 6.45) is 6.25. The third kappa shape index (κ3) is 3.95. The van der Waals surface area contributed by atoms with E-state index in [-0.39, 0.29) is 12.6 Å². The maximum Gasteiger partial charge on any atom is 0.319 e. The molecule has 0 saturated heterocycles. The molecule has 1 N–H and O–H groups in total. The first-order valence-corrected chi connectivity index (χ1v) is 12.2. The van der Waals surface area contributed by atoms with Gasteiger partial charge in [0.1, 0.15) is 17.7 Å². The van der Waals surface area contributed by atoms with Crippen molar-refractivity contribution < 1.29 is 9.53 Å². The zero-order valence-electron chi connectivity index (χ0n) is 18.5. The molecule has 172 valence electrons. The van der Waals surface area contributed by atoms with Gasteiger partial charge in [-0.3, -0.25) is 14.9 Å². The highest BCUT2D eigenvalue weighted by Gasteiger charge is 2.48. The number of rotatable bonds is 5. The minimum Gasteiger partial charge on any atom is -0.460 e. The van der Waals surface area contributed by atoms with Crippen LogP contribution in [0.15, 0.2) is 73.2 Å². The number of hydrogen-bond acceptors (Lipinski definition) is 7. The van der Waals surface area contributed by atoms with Crippen molar-refractivity contribution in [2.75, 3.05) is 0 Å². The number of halogens is 1. The van der Waals surface area contributed by atoms with Gasteiger partial charge in [0.15, 0.2) is 9.48 Å². The minimum atomic E-state index is -0.953. The van der Waals surface area contributed by atoms with Crippen molar-refractivity contribution in [3.05, 3.63) is 99.4 Å². The number of carbonyl (C=O) groups excluding carboxylic acids is 1. The van der Waals surface area contributed by atoms with Gasteiger partial charge in [0.2, 0.25) is 0 Å². The van der Waals surface area contributed by atoms with Gasteiger partial charge in [-0.05, 0) is 47.7 Å². The highest BCUT2D eigenvalue weighted by molar-refractivity contribution is 14.1. The van der Waals surface area contributed by atoms with E-state index in [0.717, 1.165) is 22.1 Å². The van der Waals surface area contributed by atoms with Crippen molar-refractivity contribution in [1.82, 2.24) is 30.1 Å². The zero-order chi connectivity index (χ0) is 23.8. The summed E-state index contributed by atoms with van der Waals surface area (Å²) in [6, 6.07) is 17.3. The molecule has 0 amide bonds. The van der Waals surface area contributed by atoms with Gasteiger partial charge in [0.25, 0.3) is 0 Å². The van der Waals surface area contributed by atoms with Crippen molar-refractivity contribution in [2.45, 2.75) is 24.9 Å². The van der Waals surface area contributed by atoms with E-state index in [1.807, 2.05) is 60.8 Å². The molecule has 5 aromatic rings. The van der Waals surface area contributed by atoms with Crippen LogP contribution < -0.4 is 0 Å². The van der Waals surface area contributed by atoms with Crippen LogP contribution >= 0.6 is 22.6 Å². The second kappa shape index (κ2) is 8.81. The smallest absolute Gasteiger partial charge is 0.319 e. The standard InChI is InChI=1S/C26H19IN6O2/c27-25-31-22(19-14-29-33-23(19)32-25)20-7-4-8-21(30-20)26(11-17-9-10-28-13-18(17)12-26)24(34)35-15-16-5-2-1-3-6-16/h1-10,13-14H,11-12,15H2,(H,29,31,32,33). The van der Waals surface area contributed by atoms with Crippen molar-refractivity contribution >= 4 is 39.6 Å². The van der Waals surface area contributed by atoms with Crippen molar-refractivity contribution in [3.63, 3.8) is 0 Å². The number of hydrogen-bond donors (Lipinski definition) is 1. The maximum atomic E-state index is 13.8. The largest absolute Gasteiger partial charge is 0.460 e. The van der Waals surface area contributed by atoms with E-state index in [0.29, 0.717) is 39.4 Å². The van der Waals surface area contributed by atoms with Crippen molar-refractivity contribution in [1.29, 1.82) is 0 Å². The van der Waals surface area contributed by atoms with Crippen LogP contribution in [0.1, 0.15) is 22.4 Å². The molecule has 4 heterocycles. The quantitative estimate of drug-likeness (QED) is 0.191. The first-order valence-electron chi connectivity index (χ1n) is 11.1. The van der Waals surface area contributed by atoms with E-state index >= 15 is 0 Å². The summed E-state index contributed by atoms with van der Waals surface area (Å²) in [5.41, 5.74) is 4.71. The molecule has 1 aromatic carbocycles. The lowest BCUT2D eigenvalue weighted by atomic mass is 9.80. The molecular formula is C26H19IN6O2. The monoisotopic (exact) mass is 574 g/mol. The summed E-state index contributed by atoms with van der Waals surface area (Å²) < 4.78 is 6.46. The first kappa shape index (κ1) is 21.8. The van der Waals surface area contributed by atoms with Gasteiger partial charge in [0.05, 0.1) is 23.0 Å². The Kier molecular flexibility index (Phi) is 5.48. The van der Waals surface area contributed by atoms with E-state index in [1.54, 1.807) is 12.4 Å². The van der Waals surface area contributed by atoms with Crippen LogP contribution in [-0.2, 0) is 34.4 Å². The molecule has 0 fully saturated rings.